The van der Waals surface area contributed by atoms with Crippen LogP contribution in [0, 0.1) is 0 Å². The zero-order valence-electron chi connectivity index (χ0n) is 11.3. The number of hydrogen-bond donors (Lipinski definition) is 0. The monoisotopic (exact) mass is 258 g/mol. The number of carbonyl (C=O) groups is 2. The first-order valence-electron chi connectivity index (χ1n) is 6.15. The predicted molar refractivity (Wildman–Crippen MR) is 74.4 cm³/mol. The number of aryl methyl sites for hydroxylation is 1. The Labute approximate surface area is 113 Å². The summed E-state index contributed by atoms with van der Waals surface area (Å²) in [6.07, 6.45) is 2.78. The van der Waals surface area contributed by atoms with Crippen LogP contribution >= 0.6 is 0 Å². The minimum absolute atomic E-state index is 0.307. The molecule has 0 radical (unpaired) electrons. The van der Waals surface area contributed by atoms with Crippen LogP contribution in [0.1, 0.15) is 25.8 Å². The van der Waals surface area contributed by atoms with Crippen LogP contribution in [-0.2, 0) is 20.7 Å². The summed E-state index contributed by atoms with van der Waals surface area (Å²) in [5.41, 5.74) is 1.83. The minimum atomic E-state index is -0.651. The van der Waals surface area contributed by atoms with Crippen LogP contribution in [0.25, 0.3) is 0 Å². The third kappa shape index (κ3) is 4.92. The number of hydrogen-bond acceptors (Lipinski definition) is 3. The van der Waals surface area contributed by atoms with Crippen LogP contribution in [0.5, 0.6) is 0 Å². The van der Waals surface area contributed by atoms with E-state index in [4.69, 9.17) is 4.74 Å². The molecule has 0 N–H and O–H groups in total. The summed E-state index contributed by atoms with van der Waals surface area (Å²) in [6, 6.07) is 9.78. The van der Waals surface area contributed by atoms with E-state index in [1.54, 1.807) is 19.9 Å². The fourth-order valence-electron chi connectivity index (χ4n) is 1.40. The molecule has 3 heteroatoms. The van der Waals surface area contributed by atoms with Gasteiger partial charge in [0.05, 0.1) is 0 Å². The van der Waals surface area contributed by atoms with Crippen LogP contribution in [0.3, 0.4) is 0 Å². The predicted octanol–water partition coefficient (Wildman–Crippen LogP) is 3.21. The molecule has 0 aliphatic heterocycles. The van der Waals surface area contributed by atoms with Crippen LogP contribution in [0.4, 0.5) is 0 Å². The van der Waals surface area contributed by atoms with Crippen molar-refractivity contribution in [2.45, 2.75) is 26.7 Å². The number of esters is 2. The molecule has 3 nitrogen and oxygen atoms in total. The molecule has 0 saturated heterocycles. The Bertz CT molecular complexity index is 498. The summed E-state index contributed by atoms with van der Waals surface area (Å²) in [5, 5.41) is 0. The van der Waals surface area contributed by atoms with Crippen LogP contribution < -0.4 is 0 Å². The lowest BCUT2D eigenvalue weighted by Crippen LogP contribution is -2.15. The Kier molecular flexibility index (Phi) is 5.73. The Morgan fingerprint density at radius 1 is 1.21 bits per heavy atom. The second kappa shape index (κ2) is 7.31. The SMILES string of the molecule is C=C(CCc1ccccc1)C(=O)OC(=O)C(C)=CC. The lowest BCUT2D eigenvalue weighted by atomic mass is 10.1. The van der Waals surface area contributed by atoms with Gasteiger partial charge in [0, 0.05) is 11.1 Å². The molecule has 1 aromatic rings. The fraction of sp³-hybridized carbons (Fsp3) is 0.250. The van der Waals surface area contributed by atoms with E-state index in [1.165, 1.54) is 0 Å². The van der Waals surface area contributed by atoms with Crippen molar-refractivity contribution < 1.29 is 14.3 Å². The summed E-state index contributed by atoms with van der Waals surface area (Å²) >= 11 is 0. The number of allylic oxidation sites excluding steroid dienone is 1. The van der Waals surface area contributed by atoms with Gasteiger partial charge in [-0.15, -0.1) is 0 Å². The molecule has 1 rings (SSSR count). The highest BCUT2D eigenvalue weighted by molar-refractivity contribution is 6.01. The molecule has 100 valence electrons. The Morgan fingerprint density at radius 2 is 1.84 bits per heavy atom. The second-order valence-electron chi connectivity index (χ2n) is 4.24. The van der Waals surface area contributed by atoms with Gasteiger partial charge in [-0.3, -0.25) is 0 Å². The first-order chi connectivity index (χ1) is 9.04. The van der Waals surface area contributed by atoms with E-state index >= 15 is 0 Å². The molecule has 0 atom stereocenters. The van der Waals surface area contributed by atoms with E-state index in [0.29, 0.717) is 24.0 Å². The van der Waals surface area contributed by atoms with Gasteiger partial charge in [-0.25, -0.2) is 9.59 Å². The van der Waals surface area contributed by atoms with Crippen LogP contribution in [0.15, 0.2) is 54.1 Å². The third-order valence-corrected chi connectivity index (χ3v) is 2.79. The highest BCUT2D eigenvalue weighted by Gasteiger charge is 2.14. The highest BCUT2D eigenvalue weighted by Crippen LogP contribution is 2.10. The molecule has 0 saturated carbocycles. The smallest absolute Gasteiger partial charge is 0.341 e. The van der Waals surface area contributed by atoms with Crippen molar-refractivity contribution in [1.82, 2.24) is 0 Å². The number of benzene rings is 1. The summed E-state index contributed by atoms with van der Waals surface area (Å²) in [4.78, 5) is 23.0. The van der Waals surface area contributed by atoms with Gasteiger partial charge in [-0.05, 0) is 32.3 Å². The average molecular weight is 258 g/mol. The molecule has 0 unspecified atom stereocenters. The molecule has 1 aromatic carbocycles. The van der Waals surface area contributed by atoms with Gasteiger partial charge in [0.15, 0.2) is 0 Å². The van der Waals surface area contributed by atoms with Gasteiger partial charge in [-0.1, -0.05) is 43.0 Å². The van der Waals surface area contributed by atoms with Crippen molar-refractivity contribution in [2.75, 3.05) is 0 Å². The van der Waals surface area contributed by atoms with E-state index in [9.17, 15) is 9.59 Å². The maximum absolute atomic E-state index is 11.6. The summed E-state index contributed by atoms with van der Waals surface area (Å²) in [6.45, 7) is 6.97. The third-order valence-electron chi connectivity index (χ3n) is 2.79. The molecule has 0 bridgehead atoms. The Hall–Kier alpha value is -2.16. The zero-order valence-corrected chi connectivity index (χ0v) is 11.3. The molecule has 0 aliphatic carbocycles. The van der Waals surface area contributed by atoms with Crippen molar-refractivity contribution in [2.24, 2.45) is 0 Å². The van der Waals surface area contributed by atoms with E-state index < -0.39 is 11.9 Å². The van der Waals surface area contributed by atoms with Gasteiger partial charge < -0.3 is 4.74 Å². The quantitative estimate of drug-likeness (QED) is 0.462. The molecule has 0 spiro atoms. The highest BCUT2D eigenvalue weighted by atomic mass is 16.6. The Balaban J connectivity index is 2.46. The van der Waals surface area contributed by atoms with Crippen molar-refractivity contribution >= 4 is 11.9 Å². The summed E-state index contributed by atoms with van der Waals surface area (Å²) in [5.74, 6) is -1.27. The molecule has 0 heterocycles. The van der Waals surface area contributed by atoms with E-state index in [1.807, 2.05) is 30.3 Å². The molecule has 0 aliphatic rings. The molecular weight excluding hydrogens is 240 g/mol. The number of ether oxygens (including phenoxy) is 1. The summed E-state index contributed by atoms with van der Waals surface area (Å²) < 4.78 is 4.71. The van der Waals surface area contributed by atoms with Crippen molar-refractivity contribution in [3.63, 3.8) is 0 Å². The van der Waals surface area contributed by atoms with Crippen LogP contribution in [0.2, 0.25) is 0 Å². The lowest BCUT2D eigenvalue weighted by Gasteiger charge is -2.06. The average Bonchev–Trinajstić information content (AvgIpc) is 2.44. The number of rotatable bonds is 5. The topological polar surface area (TPSA) is 43.4 Å². The van der Waals surface area contributed by atoms with Gasteiger partial charge in [0.2, 0.25) is 0 Å². The van der Waals surface area contributed by atoms with Crippen molar-refractivity contribution in [3.05, 3.63) is 59.7 Å². The summed E-state index contributed by atoms with van der Waals surface area (Å²) in [7, 11) is 0. The van der Waals surface area contributed by atoms with Gasteiger partial charge in [0.25, 0.3) is 0 Å². The molecule has 0 aromatic heterocycles. The molecule has 0 amide bonds. The maximum Gasteiger partial charge on any atom is 0.341 e. The van der Waals surface area contributed by atoms with Crippen molar-refractivity contribution in [1.29, 1.82) is 0 Å². The molecular formula is C16H18O3. The van der Waals surface area contributed by atoms with E-state index in [2.05, 4.69) is 6.58 Å². The minimum Gasteiger partial charge on any atom is -0.386 e. The normalized spacial score (nSPS) is 10.9. The first-order valence-corrected chi connectivity index (χ1v) is 6.15. The zero-order chi connectivity index (χ0) is 14.3. The van der Waals surface area contributed by atoms with Gasteiger partial charge >= 0.3 is 11.9 Å². The van der Waals surface area contributed by atoms with Gasteiger partial charge in [0.1, 0.15) is 0 Å². The van der Waals surface area contributed by atoms with E-state index in [-0.39, 0.29) is 0 Å². The number of carbonyl (C=O) groups excluding carboxylic acids is 2. The van der Waals surface area contributed by atoms with Crippen LogP contribution in [-0.4, -0.2) is 11.9 Å². The largest absolute Gasteiger partial charge is 0.386 e. The maximum atomic E-state index is 11.6. The first kappa shape index (κ1) is 14.9. The second-order valence-corrected chi connectivity index (χ2v) is 4.24. The molecule has 0 fully saturated rings. The molecule has 19 heavy (non-hydrogen) atoms. The fourth-order valence-corrected chi connectivity index (χ4v) is 1.40. The van der Waals surface area contributed by atoms with Crippen molar-refractivity contribution in [3.8, 4) is 0 Å². The van der Waals surface area contributed by atoms with Gasteiger partial charge in [-0.2, -0.15) is 0 Å². The van der Waals surface area contributed by atoms with E-state index in [0.717, 1.165) is 5.56 Å². The Morgan fingerprint density at radius 3 is 2.42 bits per heavy atom. The standard InChI is InChI=1S/C16H18O3/c1-4-12(2)15(17)19-16(18)13(3)10-11-14-8-6-5-7-9-14/h4-9H,3,10-11H2,1-2H3. The lowest BCUT2D eigenvalue weighted by molar-refractivity contribution is -0.154.